The number of hydrogen-bond acceptors (Lipinski definition) is 4. The van der Waals surface area contributed by atoms with E-state index < -0.39 is 6.09 Å². The summed E-state index contributed by atoms with van der Waals surface area (Å²) in [5, 5.41) is 2.66. The third-order valence-electron chi connectivity index (χ3n) is 3.53. The lowest BCUT2D eigenvalue weighted by Gasteiger charge is -2.20. The molecule has 0 saturated carbocycles. The minimum Gasteiger partial charge on any atom is -0.486 e. The molecule has 2 aromatic carbocycles. The maximum atomic E-state index is 11.2. The lowest BCUT2D eigenvalue weighted by molar-refractivity contribution is -0.107. The molecular formula is C19H21NO4. The topological polar surface area (TPSA) is 64.6 Å². The summed E-state index contributed by atoms with van der Waals surface area (Å²) in [6.07, 6.45) is 1.15. The second-order valence-corrected chi connectivity index (χ2v) is 5.24. The zero-order valence-electron chi connectivity index (χ0n) is 13.6. The van der Waals surface area contributed by atoms with E-state index in [2.05, 4.69) is 10.1 Å². The molecule has 5 nitrogen and oxygen atoms in total. The van der Waals surface area contributed by atoms with Crippen LogP contribution >= 0.6 is 0 Å². The molecule has 0 saturated heterocycles. The number of carbonyl (C=O) groups is 2. The summed E-state index contributed by atoms with van der Waals surface area (Å²) in [6.45, 7) is 0.431. The number of nitrogens with one attached hydrogen (secondary N) is 1. The van der Waals surface area contributed by atoms with Crippen LogP contribution < -0.4 is 10.1 Å². The maximum Gasteiger partial charge on any atom is 0.406 e. The Bertz CT molecular complexity index is 657. The summed E-state index contributed by atoms with van der Waals surface area (Å²) < 4.78 is 10.7. The molecule has 0 aliphatic heterocycles. The monoisotopic (exact) mass is 327 g/mol. The largest absolute Gasteiger partial charge is 0.486 e. The average molecular weight is 327 g/mol. The second-order valence-electron chi connectivity index (χ2n) is 5.24. The molecule has 0 bridgehead atoms. The van der Waals surface area contributed by atoms with Crippen LogP contribution in [0, 0.1) is 0 Å². The molecule has 0 heterocycles. The minimum atomic E-state index is -0.463. The highest BCUT2D eigenvalue weighted by Gasteiger charge is 2.14. The number of carbonyl (C=O) groups excluding carboxylic acids is 2. The van der Waals surface area contributed by atoms with Gasteiger partial charge in [-0.15, -0.1) is 0 Å². The summed E-state index contributed by atoms with van der Waals surface area (Å²) in [5.41, 5.74) is 1.92. The minimum absolute atomic E-state index is 0.213. The first-order valence-corrected chi connectivity index (χ1v) is 7.79. The molecule has 0 fully saturated rings. The van der Waals surface area contributed by atoms with Crippen LogP contribution in [-0.4, -0.2) is 26.0 Å². The van der Waals surface area contributed by atoms with Crippen LogP contribution in [0.3, 0.4) is 0 Å². The number of rotatable bonds is 8. The van der Waals surface area contributed by atoms with Gasteiger partial charge in [-0.1, -0.05) is 42.5 Å². The highest BCUT2D eigenvalue weighted by Crippen LogP contribution is 2.25. The number of aldehydes is 1. The Morgan fingerprint density at radius 3 is 2.67 bits per heavy atom. The van der Waals surface area contributed by atoms with Gasteiger partial charge in [0.2, 0.25) is 0 Å². The van der Waals surface area contributed by atoms with Gasteiger partial charge in [0, 0.05) is 19.4 Å². The van der Waals surface area contributed by atoms with Crippen molar-refractivity contribution in [1.29, 1.82) is 0 Å². The Hall–Kier alpha value is -2.82. The summed E-state index contributed by atoms with van der Waals surface area (Å²) in [4.78, 5) is 21.9. The third kappa shape index (κ3) is 5.43. The van der Waals surface area contributed by atoms with Gasteiger partial charge in [-0.05, 0) is 23.3 Å². The molecule has 24 heavy (non-hydrogen) atoms. The average Bonchev–Trinajstić information content (AvgIpc) is 2.62. The molecule has 1 unspecified atom stereocenters. The van der Waals surface area contributed by atoms with E-state index in [0.29, 0.717) is 25.1 Å². The van der Waals surface area contributed by atoms with Crippen LogP contribution in [0.15, 0.2) is 54.6 Å². The highest BCUT2D eigenvalue weighted by molar-refractivity contribution is 5.66. The van der Waals surface area contributed by atoms with E-state index in [1.807, 2.05) is 54.6 Å². The predicted octanol–water partition coefficient (Wildman–Crippen LogP) is 3.29. The van der Waals surface area contributed by atoms with Gasteiger partial charge in [0.05, 0.1) is 7.11 Å². The van der Waals surface area contributed by atoms with Gasteiger partial charge in [0.1, 0.15) is 18.1 Å². The Balaban J connectivity index is 2.09. The van der Waals surface area contributed by atoms with E-state index in [4.69, 9.17) is 4.74 Å². The molecule has 126 valence electrons. The van der Waals surface area contributed by atoms with Crippen LogP contribution in [0.1, 0.15) is 23.7 Å². The van der Waals surface area contributed by atoms with Crippen molar-refractivity contribution in [3.05, 3.63) is 65.7 Å². The van der Waals surface area contributed by atoms with Crippen molar-refractivity contribution in [2.24, 2.45) is 0 Å². The molecule has 0 radical (unpaired) electrons. The van der Waals surface area contributed by atoms with Gasteiger partial charge in [-0.2, -0.15) is 0 Å². The van der Waals surface area contributed by atoms with Crippen LogP contribution in [0.25, 0.3) is 0 Å². The first-order valence-electron chi connectivity index (χ1n) is 7.79. The summed E-state index contributed by atoms with van der Waals surface area (Å²) in [6, 6.07) is 17.3. The van der Waals surface area contributed by atoms with Crippen molar-refractivity contribution >= 4 is 12.4 Å². The SMILES string of the molecule is COC(=O)NCCC(Oc1cccc(CC=O)c1)c1ccccc1. The first-order chi connectivity index (χ1) is 11.7. The molecule has 0 aromatic heterocycles. The fourth-order valence-electron chi connectivity index (χ4n) is 2.35. The van der Waals surface area contributed by atoms with Gasteiger partial charge in [0.25, 0.3) is 0 Å². The normalized spacial score (nSPS) is 11.4. The third-order valence-corrected chi connectivity index (χ3v) is 3.53. The van der Waals surface area contributed by atoms with E-state index >= 15 is 0 Å². The number of benzene rings is 2. The van der Waals surface area contributed by atoms with Crippen LogP contribution in [0.2, 0.25) is 0 Å². The second kappa shape index (κ2) is 9.35. The molecule has 2 aromatic rings. The van der Waals surface area contributed by atoms with Gasteiger partial charge >= 0.3 is 6.09 Å². The van der Waals surface area contributed by atoms with Crippen LogP contribution in [-0.2, 0) is 16.0 Å². The van der Waals surface area contributed by atoms with Crippen LogP contribution in [0.5, 0.6) is 5.75 Å². The van der Waals surface area contributed by atoms with E-state index in [1.54, 1.807) is 0 Å². The Labute approximate surface area is 141 Å². The van der Waals surface area contributed by atoms with Crippen molar-refractivity contribution in [2.75, 3.05) is 13.7 Å². The maximum absolute atomic E-state index is 11.2. The smallest absolute Gasteiger partial charge is 0.406 e. The van der Waals surface area contributed by atoms with Crippen molar-refractivity contribution in [3.63, 3.8) is 0 Å². The highest BCUT2D eigenvalue weighted by atomic mass is 16.5. The Morgan fingerprint density at radius 2 is 1.96 bits per heavy atom. The quantitative estimate of drug-likeness (QED) is 0.756. The molecule has 1 amide bonds. The van der Waals surface area contributed by atoms with E-state index in [-0.39, 0.29) is 6.10 Å². The Morgan fingerprint density at radius 1 is 1.17 bits per heavy atom. The molecular weight excluding hydrogens is 306 g/mol. The van der Waals surface area contributed by atoms with Crippen molar-refractivity contribution in [2.45, 2.75) is 18.9 Å². The summed E-state index contributed by atoms with van der Waals surface area (Å²) in [7, 11) is 1.33. The lowest BCUT2D eigenvalue weighted by atomic mass is 10.1. The zero-order valence-corrected chi connectivity index (χ0v) is 13.6. The standard InChI is InChI=1S/C19H21NO4/c1-23-19(22)20-12-10-18(16-7-3-2-4-8-16)24-17-9-5-6-15(14-17)11-13-21/h2-9,13-14,18H,10-12H2,1H3,(H,20,22). The number of hydrogen-bond donors (Lipinski definition) is 1. The van der Waals surface area contributed by atoms with Gasteiger partial charge in [-0.25, -0.2) is 4.79 Å². The molecule has 0 aliphatic rings. The number of methoxy groups -OCH3 is 1. The van der Waals surface area contributed by atoms with Gasteiger partial charge in [-0.3, -0.25) is 0 Å². The lowest BCUT2D eigenvalue weighted by Crippen LogP contribution is -2.26. The Kier molecular flexibility index (Phi) is 6.83. The fourth-order valence-corrected chi connectivity index (χ4v) is 2.35. The molecule has 2 rings (SSSR count). The predicted molar refractivity (Wildman–Crippen MR) is 91.0 cm³/mol. The van der Waals surface area contributed by atoms with Gasteiger partial charge < -0.3 is 19.6 Å². The first kappa shape index (κ1) is 17.5. The van der Waals surface area contributed by atoms with Crippen molar-refractivity contribution in [1.82, 2.24) is 5.32 Å². The molecule has 1 N–H and O–H groups in total. The molecule has 1 atom stereocenters. The van der Waals surface area contributed by atoms with Crippen LogP contribution in [0.4, 0.5) is 4.79 Å². The van der Waals surface area contributed by atoms with Crippen molar-refractivity contribution < 1.29 is 19.1 Å². The number of amides is 1. The summed E-state index contributed by atoms with van der Waals surface area (Å²) >= 11 is 0. The molecule has 0 spiro atoms. The van der Waals surface area contributed by atoms with E-state index in [1.165, 1.54) is 7.11 Å². The fraction of sp³-hybridized carbons (Fsp3) is 0.263. The number of ether oxygens (including phenoxy) is 2. The van der Waals surface area contributed by atoms with Crippen molar-refractivity contribution in [3.8, 4) is 5.75 Å². The molecule has 5 heteroatoms. The zero-order chi connectivity index (χ0) is 17.2. The number of alkyl carbamates (subject to hydrolysis) is 1. The molecule has 0 aliphatic carbocycles. The van der Waals surface area contributed by atoms with E-state index in [0.717, 1.165) is 17.4 Å². The van der Waals surface area contributed by atoms with E-state index in [9.17, 15) is 9.59 Å². The summed E-state index contributed by atoms with van der Waals surface area (Å²) in [5.74, 6) is 0.696. The van der Waals surface area contributed by atoms with Gasteiger partial charge in [0.15, 0.2) is 0 Å².